The van der Waals surface area contributed by atoms with Crippen LogP contribution in [-0.2, 0) is 0 Å². The van der Waals surface area contributed by atoms with Crippen molar-refractivity contribution in [2.75, 3.05) is 6.54 Å². The van der Waals surface area contributed by atoms with E-state index in [0.717, 1.165) is 32.2 Å². The van der Waals surface area contributed by atoms with Gasteiger partial charge in [-0.05, 0) is 37.8 Å². The molecule has 0 aromatic heterocycles. The fourth-order valence-corrected chi connectivity index (χ4v) is 2.94. The van der Waals surface area contributed by atoms with E-state index in [0.29, 0.717) is 17.2 Å². The van der Waals surface area contributed by atoms with Crippen molar-refractivity contribution in [3.05, 3.63) is 35.4 Å². The SMILES string of the molecule is CCCC1CCCCN1C(=O)c1cccc(/C(N)=N/O)c1. The van der Waals surface area contributed by atoms with Gasteiger partial charge in [0, 0.05) is 23.7 Å². The highest BCUT2D eigenvalue weighted by Gasteiger charge is 2.26. The van der Waals surface area contributed by atoms with E-state index in [-0.39, 0.29) is 11.7 Å². The molecule has 0 radical (unpaired) electrons. The minimum atomic E-state index is 0.0217. The number of rotatable bonds is 4. The number of carbonyl (C=O) groups excluding carboxylic acids is 1. The molecule has 0 spiro atoms. The molecule has 21 heavy (non-hydrogen) atoms. The number of amidine groups is 1. The molecule has 0 aliphatic carbocycles. The second-order valence-electron chi connectivity index (χ2n) is 5.50. The molecular weight excluding hydrogens is 266 g/mol. The number of carbonyl (C=O) groups is 1. The molecule has 1 aliphatic heterocycles. The van der Waals surface area contributed by atoms with Gasteiger partial charge in [0.2, 0.25) is 0 Å². The van der Waals surface area contributed by atoms with Gasteiger partial charge in [0.1, 0.15) is 0 Å². The zero-order valence-corrected chi connectivity index (χ0v) is 12.5. The number of oxime groups is 1. The zero-order chi connectivity index (χ0) is 15.2. The predicted molar refractivity (Wildman–Crippen MR) is 82.5 cm³/mol. The molecule has 1 unspecified atom stereocenters. The third-order valence-corrected chi connectivity index (χ3v) is 4.02. The highest BCUT2D eigenvalue weighted by molar-refractivity contribution is 6.01. The average molecular weight is 289 g/mol. The molecule has 0 saturated carbocycles. The van der Waals surface area contributed by atoms with E-state index in [1.54, 1.807) is 24.3 Å². The van der Waals surface area contributed by atoms with Gasteiger partial charge in [-0.15, -0.1) is 0 Å². The van der Waals surface area contributed by atoms with Crippen molar-refractivity contribution in [2.45, 2.75) is 45.1 Å². The lowest BCUT2D eigenvalue weighted by atomic mass is 9.97. The van der Waals surface area contributed by atoms with Crippen LogP contribution in [0.15, 0.2) is 29.4 Å². The second kappa shape index (κ2) is 7.11. The summed E-state index contributed by atoms with van der Waals surface area (Å²) in [6.07, 6.45) is 5.47. The fourth-order valence-electron chi connectivity index (χ4n) is 2.94. The fraction of sp³-hybridized carbons (Fsp3) is 0.500. The monoisotopic (exact) mass is 289 g/mol. The topological polar surface area (TPSA) is 78.9 Å². The van der Waals surface area contributed by atoms with E-state index in [9.17, 15) is 4.79 Å². The van der Waals surface area contributed by atoms with Crippen LogP contribution in [0.25, 0.3) is 0 Å². The van der Waals surface area contributed by atoms with Crippen molar-refractivity contribution in [1.82, 2.24) is 4.90 Å². The first-order valence-corrected chi connectivity index (χ1v) is 7.56. The normalized spacial score (nSPS) is 19.6. The van der Waals surface area contributed by atoms with Gasteiger partial charge in [0.15, 0.2) is 5.84 Å². The van der Waals surface area contributed by atoms with E-state index in [4.69, 9.17) is 10.9 Å². The largest absolute Gasteiger partial charge is 0.409 e. The minimum absolute atomic E-state index is 0.0217. The summed E-state index contributed by atoms with van der Waals surface area (Å²) in [4.78, 5) is 14.7. The Hall–Kier alpha value is -2.04. The van der Waals surface area contributed by atoms with Crippen molar-refractivity contribution in [3.8, 4) is 0 Å². The van der Waals surface area contributed by atoms with Crippen LogP contribution in [0.4, 0.5) is 0 Å². The minimum Gasteiger partial charge on any atom is -0.409 e. The predicted octanol–water partition coefficient (Wildman–Crippen LogP) is 2.58. The molecule has 0 bridgehead atoms. The van der Waals surface area contributed by atoms with Crippen molar-refractivity contribution in [1.29, 1.82) is 0 Å². The van der Waals surface area contributed by atoms with Gasteiger partial charge >= 0.3 is 0 Å². The molecule has 3 N–H and O–H groups in total. The second-order valence-corrected chi connectivity index (χ2v) is 5.50. The molecule has 1 atom stereocenters. The van der Waals surface area contributed by atoms with Crippen LogP contribution in [0.5, 0.6) is 0 Å². The summed E-state index contributed by atoms with van der Waals surface area (Å²) in [7, 11) is 0. The van der Waals surface area contributed by atoms with Crippen LogP contribution in [0, 0.1) is 0 Å². The standard InChI is InChI=1S/C16H23N3O2/c1-2-6-14-9-3-4-10-19(14)16(20)13-8-5-7-12(11-13)15(17)18-21/h5,7-8,11,14,21H,2-4,6,9-10H2,1H3,(H2,17,18). The number of likely N-dealkylation sites (tertiary alicyclic amines) is 1. The Morgan fingerprint density at radius 2 is 2.19 bits per heavy atom. The summed E-state index contributed by atoms with van der Waals surface area (Å²) in [5.74, 6) is 0.0640. The Balaban J connectivity index is 2.22. The summed E-state index contributed by atoms with van der Waals surface area (Å²) >= 11 is 0. The van der Waals surface area contributed by atoms with E-state index in [2.05, 4.69) is 12.1 Å². The highest BCUT2D eigenvalue weighted by atomic mass is 16.4. The molecular formula is C16H23N3O2. The Morgan fingerprint density at radius 3 is 2.90 bits per heavy atom. The average Bonchev–Trinajstić information content (AvgIpc) is 2.54. The van der Waals surface area contributed by atoms with Gasteiger partial charge < -0.3 is 15.8 Å². The van der Waals surface area contributed by atoms with Gasteiger partial charge in [0.05, 0.1) is 0 Å². The maximum Gasteiger partial charge on any atom is 0.254 e. The van der Waals surface area contributed by atoms with Gasteiger partial charge in [-0.1, -0.05) is 30.6 Å². The lowest BCUT2D eigenvalue weighted by molar-refractivity contribution is 0.0600. The maximum absolute atomic E-state index is 12.7. The summed E-state index contributed by atoms with van der Waals surface area (Å²) in [5.41, 5.74) is 6.75. The van der Waals surface area contributed by atoms with E-state index < -0.39 is 0 Å². The van der Waals surface area contributed by atoms with Crippen LogP contribution >= 0.6 is 0 Å². The lowest BCUT2D eigenvalue weighted by Gasteiger charge is -2.36. The van der Waals surface area contributed by atoms with Gasteiger partial charge in [0.25, 0.3) is 5.91 Å². The quantitative estimate of drug-likeness (QED) is 0.387. The molecule has 1 aliphatic rings. The first-order chi connectivity index (χ1) is 10.2. The maximum atomic E-state index is 12.7. The van der Waals surface area contributed by atoms with Gasteiger partial charge in [-0.2, -0.15) is 0 Å². The molecule has 5 nitrogen and oxygen atoms in total. The first kappa shape index (κ1) is 15.4. The number of hydrogen-bond donors (Lipinski definition) is 2. The third-order valence-electron chi connectivity index (χ3n) is 4.02. The molecule has 1 aromatic rings. The van der Waals surface area contributed by atoms with Crippen molar-refractivity contribution in [2.24, 2.45) is 10.9 Å². The highest BCUT2D eigenvalue weighted by Crippen LogP contribution is 2.23. The summed E-state index contributed by atoms with van der Waals surface area (Å²) in [6.45, 7) is 2.97. The molecule has 2 rings (SSSR count). The molecule has 114 valence electrons. The van der Waals surface area contributed by atoms with E-state index in [1.165, 1.54) is 6.42 Å². The summed E-state index contributed by atoms with van der Waals surface area (Å²) in [6, 6.07) is 7.30. The number of nitrogens with two attached hydrogens (primary N) is 1. The number of benzene rings is 1. The third kappa shape index (κ3) is 3.54. The number of hydrogen-bond acceptors (Lipinski definition) is 3. The van der Waals surface area contributed by atoms with Gasteiger partial charge in [-0.3, -0.25) is 4.79 Å². The molecule has 1 aromatic carbocycles. The molecule has 1 saturated heterocycles. The van der Waals surface area contributed by atoms with E-state index >= 15 is 0 Å². The molecule has 1 heterocycles. The summed E-state index contributed by atoms with van der Waals surface area (Å²) < 4.78 is 0. The Labute approximate surface area is 125 Å². The van der Waals surface area contributed by atoms with Crippen molar-refractivity contribution in [3.63, 3.8) is 0 Å². The Kier molecular flexibility index (Phi) is 5.20. The van der Waals surface area contributed by atoms with Crippen molar-refractivity contribution < 1.29 is 10.0 Å². The van der Waals surface area contributed by atoms with E-state index in [1.807, 2.05) is 4.90 Å². The molecule has 1 fully saturated rings. The van der Waals surface area contributed by atoms with Gasteiger partial charge in [-0.25, -0.2) is 0 Å². The van der Waals surface area contributed by atoms with Crippen LogP contribution in [0.2, 0.25) is 0 Å². The number of nitrogens with zero attached hydrogens (tertiary/aromatic N) is 2. The van der Waals surface area contributed by atoms with Crippen LogP contribution in [-0.4, -0.2) is 34.4 Å². The number of amides is 1. The lowest BCUT2D eigenvalue weighted by Crippen LogP contribution is -2.43. The summed E-state index contributed by atoms with van der Waals surface area (Å²) in [5, 5.41) is 11.7. The molecule has 1 amide bonds. The first-order valence-electron chi connectivity index (χ1n) is 7.56. The molecule has 5 heteroatoms. The van der Waals surface area contributed by atoms with Crippen LogP contribution in [0.1, 0.15) is 54.9 Å². The zero-order valence-electron chi connectivity index (χ0n) is 12.5. The Bertz CT molecular complexity index is 526. The number of piperidine rings is 1. The Morgan fingerprint density at radius 1 is 1.43 bits per heavy atom. The van der Waals surface area contributed by atoms with Crippen molar-refractivity contribution >= 4 is 11.7 Å². The van der Waals surface area contributed by atoms with Crippen LogP contribution < -0.4 is 5.73 Å². The van der Waals surface area contributed by atoms with Crippen LogP contribution in [0.3, 0.4) is 0 Å². The smallest absolute Gasteiger partial charge is 0.254 e.